The van der Waals surface area contributed by atoms with Crippen LogP contribution in [0.25, 0.3) is 0 Å². The molecular weight excluding hydrogens is 154 g/mol. The average molecular weight is 168 g/mol. The Labute approximate surface area is 63.7 Å². The van der Waals surface area contributed by atoms with Gasteiger partial charge in [0.25, 0.3) is 0 Å². The van der Waals surface area contributed by atoms with Gasteiger partial charge in [0.2, 0.25) is 0 Å². The van der Waals surface area contributed by atoms with Gasteiger partial charge in [-0.05, 0) is 6.42 Å². The fraction of sp³-hybridized carbons (Fsp3) is 1.00. The highest BCUT2D eigenvalue weighted by atomic mass is 32.2. The molecule has 0 fully saturated rings. The third kappa shape index (κ3) is 15.7. The molecule has 4 nitrogen and oxygen atoms in total. The van der Waals surface area contributed by atoms with Crippen LogP contribution in [0, 0.1) is 0 Å². The maximum Gasteiger partial charge on any atom is 0.0102 e. The minimum Gasteiger partial charge on any atom is -0.772 e. The van der Waals surface area contributed by atoms with Crippen LogP contribution in [0.4, 0.5) is 0 Å². The Morgan fingerprint density at radius 2 is 2.00 bits per heavy atom. The maximum atomic E-state index is 9.87. The zero-order chi connectivity index (χ0) is 8.41. The second-order valence-electron chi connectivity index (χ2n) is 1.71. The van der Waals surface area contributed by atoms with Gasteiger partial charge in [-0.15, -0.1) is 0 Å². The van der Waals surface area contributed by atoms with Gasteiger partial charge >= 0.3 is 0 Å². The molecule has 0 aromatic heterocycles. The van der Waals surface area contributed by atoms with E-state index in [1.807, 2.05) is 6.92 Å². The van der Waals surface area contributed by atoms with Crippen molar-refractivity contribution in [2.75, 3.05) is 5.75 Å². The predicted octanol–water partition coefficient (Wildman–Crippen LogP) is 0.390. The van der Waals surface area contributed by atoms with Crippen molar-refractivity contribution in [3.8, 4) is 0 Å². The van der Waals surface area contributed by atoms with Gasteiger partial charge in [0.05, 0.1) is 0 Å². The van der Waals surface area contributed by atoms with Crippen molar-refractivity contribution >= 4 is 11.1 Å². The van der Waals surface area contributed by atoms with Gasteiger partial charge in [-0.3, -0.25) is 4.21 Å². The molecule has 0 rings (SSSR count). The Hall–Kier alpha value is 0.0300. The van der Waals surface area contributed by atoms with Gasteiger partial charge in [0.1, 0.15) is 0 Å². The molecule has 5 heteroatoms. The van der Waals surface area contributed by atoms with Gasteiger partial charge in [-0.1, -0.05) is 30.8 Å². The molecule has 0 heterocycles. The van der Waals surface area contributed by atoms with Gasteiger partial charge in [0, 0.05) is 5.75 Å². The lowest BCUT2D eigenvalue weighted by Gasteiger charge is -2.01. The SMILES string of the molecule is CCCCCS(=O)[O-].NO. The van der Waals surface area contributed by atoms with E-state index in [1.165, 1.54) is 0 Å². The van der Waals surface area contributed by atoms with Crippen molar-refractivity contribution in [2.45, 2.75) is 26.2 Å². The summed E-state index contributed by atoms with van der Waals surface area (Å²) < 4.78 is 19.7. The van der Waals surface area contributed by atoms with Crippen LogP contribution < -0.4 is 5.90 Å². The molecule has 0 aliphatic rings. The highest BCUT2D eigenvalue weighted by Crippen LogP contribution is 1.93. The van der Waals surface area contributed by atoms with Crippen LogP contribution in [0.3, 0.4) is 0 Å². The number of unbranched alkanes of at least 4 members (excludes halogenated alkanes) is 2. The molecule has 0 aromatic carbocycles. The highest BCUT2D eigenvalue weighted by Gasteiger charge is 1.83. The van der Waals surface area contributed by atoms with Crippen molar-refractivity contribution in [1.29, 1.82) is 0 Å². The van der Waals surface area contributed by atoms with Gasteiger partial charge in [-0.2, -0.15) is 0 Å². The summed E-state index contributed by atoms with van der Waals surface area (Å²) in [6, 6.07) is 0. The fourth-order valence-corrected chi connectivity index (χ4v) is 0.910. The molecule has 10 heavy (non-hydrogen) atoms. The number of rotatable bonds is 4. The van der Waals surface area contributed by atoms with E-state index in [1.54, 1.807) is 0 Å². The van der Waals surface area contributed by atoms with E-state index in [2.05, 4.69) is 5.90 Å². The summed E-state index contributed by atoms with van der Waals surface area (Å²) in [5.41, 5.74) is 0. The minimum absolute atomic E-state index is 0.327. The standard InChI is InChI=1S/C5H12O2S.H3NO/c1-2-3-4-5-8(6)7;1-2/h2-5H2,1H3,(H,6,7);2H,1H2/p-1. The van der Waals surface area contributed by atoms with Crippen LogP contribution in [0.5, 0.6) is 0 Å². The molecule has 0 spiro atoms. The first-order chi connectivity index (χ1) is 4.77. The molecule has 0 aliphatic carbocycles. The number of hydrogen-bond acceptors (Lipinski definition) is 4. The van der Waals surface area contributed by atoms with E-state index >= 15 is 0 Å². The molecule has 1 atom stereocenters. The van der Waals surface area contributed by atoms with E-state index in [9.17, 15) is 8.76 Å². The lowest BCUT2D eigenvalue weighted by atomic mass is 10.3. The summed E-state index contributed by atoms with van der Waals surface area (Å²) in [5.74, 6) is 3.83. The first-order valence-electron chi connectivity index (χ1n) is 3.09. The number of nitrogens with two attached hydrogens (primary N) is 1. The highest BCUT2D eigenvalue weighted by molar-refractivity contribution is 7.79. The second-order valence-corrected chi connectivity index (χ2v) is 2.73. The van der Waals surface area contributed by atoms with Gasteiger partial charge in [-0.25, -0.2) is 5.90 Å². The molecule has 3 N–H and O–H groups in total. The zero-order valence-electron chi connectivity index (χ0n) is 6.08. The molecule has 1 unspecified atom stereocenters. The Bertz CT molecular complexity index is 79.3. The largest absolute Gasteiger partial charge is 0.772 e. The minimum atomic E-state index is -1.82. The Balaban J connectivity index is 0. The molecular formula is C5H14NO3S-. The topological polar surface area (TPSA) is 86.4 Å². The fourth-order valence-electron chi connectivity index (χ4n) is 0.470. The molecule has 0 aromatic rings. The summed E-state index contributed by atoms with van der Waals surface area (Å²) >= 11 is -1.82. The Morgan fingerprint density at radius 3 is 2.30 bits per heavy atom. The molecule has 0 amide bonds. The number of hydrogen-bond donors (Lipinski definition) is 2. The quantitative estimate of drug-likeness (QED) is 0.361. The lowest BCUT2D eigenvalue weighted by molar-refractivity contribution is 0.311. The van der Waals surface area contributed by atoms with E-state index in [-0.39, 0.29) is 0 Å². The van der Waals surface area contributed by atoms with Crippen LogP contribution in [-0.4, -0.2) is 19.7 Å². The van der Waals surface area contributed by atoms with Crippen LogP contribution in [-0.2, 0) is 11.1 Å². The Kier molecular flexibility index (Phi) is 14.9. The summed E-state index contributed by atoms with van der Waals surface area (Å²) in [4.78, 5) is 0. The lowest BCUT2D eigenvalue weighted by Crippen LogP contribution is -1.93. The van der Waals surface area contributed by atoms with Gasteiger partial charge in [0.15, 0.2) is 0 Å². The van der Waals surface area contributed by atoms with Crippen molar-refractivity contribution in [3.63, 3.8) is 0 Å². The summed E-state index contributed by atoms with van der Waals surface area (Å²) in [6.45, 7) is 2.05. The first-order valence-corrected chi connectivity index (χ1v) is 4.33. The van der Waals surface area contributed by atoms with Crippen molar-refractivity contribution in [2.24, 2.45) is 5.90 Å². The third-order valence-electron chi connectivity index (χ3n) is 0.915. The summed E-state index contributed by atoms with van der Waals surface area (Å²) in [6.07, 6.45) is 2.91. The summed E-state index contributed by atoms with van der Waals surface area (Å²) in [7, 11) is 0. The van der Waals surface area contributed by atoms with Crippen LogP contribution in [0.2, 0.25) is 0 Å². The van der Waals surface area contributed by atoms with Gasteiger partial charge < -0.3 is 9.76 Å². The van der Waals surface area contributed by atoms with Crippen LogP contribution in [0.1, 0.15) is 26.2 Å². The first kappa shape index (κ1) is 12.7. The molecule has 0 aliphatic heterocycles. The summed E-state index contributed by atoms with van der Waals surface area (Å²) in [5, 5.41) is 6.50. The van der Waals surface area contributed by atoms with Crippen LogP contribution >= 0.6 is 0 Å². The normalized spacial score (nSPS) is 11.6. The Morgan fingerprint density at radius 1 is 1.50 bits per heavy atom. The van der Waals surface area contributed by atoms with E-state index in [0.29, 0.717) is 5.75 Å². The second kappa shape index (κ2) is 11.8. The third-order valence-corrected chi connectivity index (χ3v) is 1.54. The zero-order valence-corrected chi connectivity index (χ0v) is 6.89. The molecule has 0 radical (unpaired) electrons. The van der Waals surface area contributed by atoms with Crippen molar-refractivity contribution < 1.29 is 14.0 Å². The van der Waals surface area contributed by atoms with E-state index < -0.39 is 11.1 Å². The molecule has 0 bridgehead atoms. The average Bonchev–Trinajstić information content (AvgIpc) is 1.92. The molecule has 0 saturated heterocycles. The smallest absolute Gasteiger partial charge is 0.0102 e. The maximum absolute atomic E-state index is 9.87. The van der Waals surface area contributed by atoms with E-state index in [0.717, 1.165) is 19.3 Å². The molecule has 64 valence electrons. The molecule has 0 saturated carbocycles. The van der Waals surface area contributed by atoms with Crippen molar-refractivity contribution in [3.05, 3.63) is 0 Å². The van der Waals surface area contributed by atoms with Crippen LogP contribution in [0.15, 0.2) is 0 Å². The predicted molar refractivity (Wildman–Crippen MR) is 39.3 cm³/mol. The van der Waals surface area contributed by atoms with E-state index in [4.69, 9.17) is 5.21 Å². The monoisotopic (exact) mass is 168 g/mol. The van der Waals surface area contributed by atoms with Crippen molar-refractivity contribution in [1.82, 2.24) is 0 Å².